The molecule has 0 radical (unpaired) electrons. The van der Waals surface area contributed by atoms with Crippen molar-refractivity contribution in [2.75, 3.05) is 33.9 Å². The molecule has 0 fully saturated rings. The third kappa shape index (κ3) is 25.8. The number of aromatic nitrogens is 1. The summed E-state index contributed by atoms with van der Waals surface area (Å²) in [5.74, 6) is -12.2. The van der Waals surface area contributed by atoms with Crippen LogP contribution in [-0.4, -0.2) is 170 Å². The van der Waals surface area contributed by atoms with Gasteiger partial charge in [0.2, 0.25) is 57.3 Å². The first-order valence-corrected chi connectivity index (χ1v) is 31.6. The highest BCUT2D eigenvalue weighted by atomic mass is 32.2. The van der Waals surface area contributed by atoms with Gasteiger partial charge in [-0.15, -0.1) is 0 Å². The number of H-pyrrole nitrogens is 1. The number of carbonyl (C=O) groups is 12. The Balaban J connectivity index is 1.23. The molecule has 9 amide bonds. The van der Waals surface area contributed by atoms with Crippen molar-refractivity contribution in [2.45, 2.75) is 131 Å². The largest absolute Gasteiger partial charge is 0.497 e. The van der Waals surface area contributed by atoms with E-state index in [1.807, 2.05) is 4.72 Å². The Bertz CT molecular complexity index is 3630. The van der Waals surface area contributed by atoms with E-state index in [0.717, 1.165) is 24.3 Å². The zero-order valence-corrected chi connectivity index (χ0v) is 52.9. The number of amides is 9. The van der Waals surface area contributed by atoms with E-state index in [-0.39, 0.29) is 43.0 Å². The smallest absolute Gasteiger partial charge is 0.305 e. The lowest BCUT2D eigenvalue weighted by Crippen LogP contribution is -2.58. The monoisotopic (exact) mass is 1340 g/mol. The second kappa shape index (κ2) is 37.9. The average molecular weight is 1340 g/mol. The Morgan fingerprint density at radius 1 is 0.537 bits per heavy atom. The lowest BCUT2D eigenvalue weighted by Gasteiger charge is -2.26. The molecule has 0 bridgehead atoms. The number of methoxy groups -OCH3 is 2. The number of primary amides is 1. The first-order valence-electron chi connectivity index (χ1n) is 30.1. The molecule has 0 aliphatic rings. The molecule has 30 nitrogen and oxygen atoms in total. The summed E-state index contributed by atoms with van der Waals surface area (Å²) in [6.07, 6.45) is -0.514. The van der Waals surface area contributed by atoms with E-state index in [0.29, 0.717) is 66.4 Å². The van der Waals surface area contributed by atoms with Crippen LogP contribution in [0, 0.1) is 5.82 Å². The molecular formula is C63H78FN11O19S. The minimum atomic E-state index is -4.61. The maximum atomic E-state index is 14.6. The number of carboxylic acids is 3. The van der Waals surface area contributed by atoms with Crippen molar-refractivity contribution in [1.29, 1.82) is 0 Å². The number of unbranched alkanes of at least 4 members (excludes halogenated alkanes) is 3. The Hall–Kier alpha value is -10.5. The zero-order valence-electron chi connectivity index (χ0n) is 52.0. The van der Waals surface area contributed by atoms with Gasteiger partial charge in [0.1, 0.15) is 53.6 Å². The molecule has 512 valence electrons. The number of hydrogen-bond donors (Lipinski definition) is 14. The fourth-order valence-electron chi connectivity index (χ4n) is 9.63. The number of aliphatic carboxylic acids is 3. The van der Waals surface area contributed by atoms with Crippen molar-refractivity contribution >= 4 is 92.0 Å². The topological polar surface area (TPSA) is 468 Å². The highest BCUT2D eigenvalue weighted by Crippen LogP contribution is 2.21. The molecule has 0 aliphatic heterocycles. The molecule has 0 aliphatic carbocycles. The summed E-state index contributed by atoms with van der Waals surface area (Å²) in [6.45, 7) is -0.665. The minimum Gasteiger partial charge on any atom is -0.497 e. The van der Waals surface area contributed by atoms with Crippen LogP contribution in [0.15, 0.2) is 108 Å². The predicted molar refractivity (Wildman–Crippen MR) is 338 cm³/mol. The maximum absolute atomic E-state index is 14.6. The van der Waals surface area contributed by atoms with Gasteiger partial charge in [0.25, 0.3) is 5.91 Å². The van der Waals surface area contributed by atoms with E-state index < -0.39 is 167 Å². The van der Waals surface area contributed by atoms with Crippen molar-refractivity contribution in [3.63, 3.8) is 0 Å². The number of hydrogen-bond acceptors (Lipinski definition) is 16. The van der Waals surface area contributed by atoms with E-state index in [4.69, 9.17) is 15.2 Å². The molecule has 0 saturated carbocycles. The first-order chi connectivity index (χ1) is 45.2. The van der Waals surface area contributed by atoms with E-state index in [2.05, 4.69) is 47.5 Å². The SMILES string of the molecule is COc1ccc(C(=O)NCCCCC(NC(=O)CCCCCNC(=O)C(CCC(=O)O)NC(=O)C(Cc2c[nH]c3ccccc23)NC(=O)C(Cc2cccc(F)c2)NC(=O)CNC(=O)C(CCC(=O)O)NC(=O)C(CC(=O)O)NS(=O)(=O)c2ccc(OC)cc2)C(N)=O)cc1. The van der Waals surface area contributed by atoms with Crippen LogP contribution in [0.1, 0.15) is 98.5 Å². The summed E-state index contributed by atoms with van der Waals surface area (Å²) in [4.78, 5) is 159. The highest BCUT2D eigenvalue weighted by molar-refractivity contribution is 7.89. The van der Waals surface area contributed by atoms with Crippen LogP contribution in [0.2, 0.25) is 0 Å². The van der Waals surface area contributed by atoms with Gasteiger partial charge < -0.3 is 78.0 Å². The number of fused-ring (bicyclic) bond motifs is 1. The van der Waals surface area contributed by atoms with Crippen molar-refractivity contribution in [1.82, 2.24) is 52.2 Å². The van der Waals surface area contributed by atoms with Gasteiger partial charge in [0.05, 0.1) is 32.1 Å². The van der Waals surface area contributed by atoms with Crippen molar-refractivity contribution in [2.24, 2.45) is 5.73 Å². The normalized spacial score (nSPS) is 13.0. The second-order valence-corrected chi connectivity index (χ2v) is 23.5. The summed E-state index contributed by atoms with van der Waals surface area (Å²) in [5, 5.41) is 49.3. The number of carboxylic acid groups (broad SMARTS) is 3. The van der Waals surface area contributed by atoms with Gasteiger partial charge in [0, 0.05) is 67.9 Å². The van der Waals surface area contributed by atoms with E-state index in [9.17, 15) is 85.7 Å². The number of benzene rings is 4. The summed E-state index contributed by atoms with van der Waals surface area (Å²) in [6, 6.07) is 13.6. The second-order valence-electron chi connectivity index (χ2n) is 21.8. The molecule has 1 aromatic heterocycles. The number of ether oxygens (including phenoxy) is 2. The van der Waals surface area contributed by atoms with Crippen LogP contribution < -0.4 is 62.5 Å². The van der Waals surface area contributed by atoms with Crippen LogP contribution in [0.25, 0.3) is 10.9 Å². The molecular weight excluding hydrogens is 1270 g/mol. The number of halogens is 1. The number of nitrogens with one attached hydrogen (secondary N) is 10. The fourth-order valence-corrected chi connectivity index (χ4v) is 10.8. The third-order valence-corrected chi connectivity index (χ3v) is 16.2. The van der Waals surface area contributed by atoms with E-state index >= 15 is 0 Å². The molecule has 5 aromatic rings. The van der Waals surface area contributed by atoms with Gasteiger partial charge in [-0.05, 0) is 123 Å². The van der Waals surface area contributed by atoms with Gasteiger partial charge in [-0.2, -0.15) is 4.72 Å². The molecule has 0 spiro atoms. The molecule has 0 saturated heterocycles. The molecule has 5 rings (SSSR count). The summed E-state index contributed by atoms with van der Waals surface area (Å²) >= 11 is 0. The Morgan fingerprint density at radius 2 is 1.09 bits per heavy atom. The van der Waals surface area contributed by atoms with Gasteiger partial charge >= 0.3 is 17.9 Å². The Labute approximate surface area is 545 Å². The van der Waals surface area contributed by atoms with Crippen LogP contribution in [-0.2, 0) is 75.6 Å². The number of rotatable bonds is 42. The van der Waals surface area contributed by atoms with Crippen LogP contribution >= 0.6 is 0 Å². The molecule has 15 N–H and O–H groups in total. The number of sulfonamides is 1. The van der Waals surface area contributed by atoms with Crippen molar-refractivity contribution in [3.8, 4) is 11.5 Å². The fraction of sp³-hybridized carbons (Fsp3) is 0.397. The average Bonchev–Trinajstić information content (AvgIpc) is 1.76. The van der Waals surface area contributed by atoms with Crippen molar-refractivity contribution in [3.05, 3.63) is 126 Å². The van der Waals surface area contributed by atoms with Crippen LogP contribution in [0.5, 0.6) is 11.5 Å². The number of carbonyl (C=O) groups excluding carboxylic acids is 9. The number of para-hydroxylation sites is 1. The lowest BCUT2D eigenvalue weighted by atomic mass is 10.0. The van der Waals surface area contributed by atoms with Gasteiger partial charge in [-0.1, -0.05) is 36.8 Å². The lowest BCUT2D eigenvalue weighted by molar-refractivity contribution is -0.140. The molecule has 4 aromatic carbocycles. The van der Waals surface area contributed by atoms with E-state index in [1.54, 1.807) is 54.7 Å². The third-order valence-electron chi connectivity index (χ3n) is 14.7. The molecule has 95 heavy (non-hydrogen) atoms. The van der Waals surface area contributed by atoms with Crippen LogP contribution in [0.3, 0.4) is 0 Å². The van der Waals surface area contributed by atoms with Crippen LogP contribution in [0.4, 0.5) is 4.39 Å². The number of aromatic amines is 1. The standard InChI is InChI=1S/C63H78FN11O19S/c1-93-41-19-17-38(18-20-41)58(85)66-30-9-7-15-46(57(65)84)70-52(76)16-4-3-8-29-67-59(86)47(25-27-54(78)79)72-62(89)50(33-39-35-68-45-14-6-5-13-44(39)45)74-61(88)49(32-37-11-10-12-40(64)31-37)71-53(77)36-69-60(87)48(26-28-55(80)81)73-63(90)51(34-56(82)83)75-95(91,92)43-23-21-42(94-2)22-24-43/h5-6,10-14,17-24,31,35,46-51,68,75H,3-4,7-9,15-16,25-30,32-34,36H2,1-2H3,(H2,65,84)(H,66,85)(H,67,86)(H,69,87)(H,70,76)(H,71,77)(H,72,89)(H,73,90)(H,74,88)(H,78,79)(H,80,81)(H,82,83). The Kier molecular flexibility index (Phi) is 30.0. The zero-order chi connectivity index (χ0) is 69.6. The van der Waals surface area contributed by atoms with Gasteiger partial charge in [-0.3, -0.25) is 57.5 Å². The summed E-state index contributed by atoms with van der Waals surface area (Å²) in [5.41, 5.74) is 7.28. The highest BCUT2D eigenvalue weighted by Gasteiger charge is 2.34. The van der Waals surface area contributed by atoms with Gasteiger partial charge in [0.15, 0.2) is 0 Å². The predicted octanol–water partition coefficient (Wildman–Crippen LogP) is 0.963. The van der Waals surface area contributed by atoms with Crippen molar-refractivity contribution < 1.29 is 95.1 Å². The molecule has 6 atom stereocenters. The minimum absolute atomic E-state index is 0.00134. The van der Waals surface area contributed by atoms with Gasteiger partial charge in [-0.25, -0.2) is 12.8 Å². The summed E-state index contributed by atoms with van der Waals surface area (Å²) in [7, 11) is -1.77. The quantitative estimate of drug-likeness (QED) is 0.0242. The molecule has 6 unspecified atom stereocenters. The molecule has 1 heterocycles. The molecule has 32 heteroatoms. The van der Waals surface area contributed by atoms with E-state index in [1.165, 1.54) is 38.5 Å². The maximum Gasteiger partial charge on any atom is 0.305 e. The summed E-state index contributed by atoms with van der Waals surface area (Å²) < 4.78 is 53.2. The first kappa shape index (κ1) is 75.2. The number of nitrogens with two attached hydrogens (primary N) is 1. The Morgan fingerprint density at radius 3 is 1.69 bits per heavy atom.